The standard InChI is InChI=1S/C10H7NO5/c12-8-5-3-1-2-4-6(5)9(13)10(14)7(8)11(15)16/h1-4,7,10,14H/t7-,10-/m1/s1. The van der Waals surface area contributed by atoms with Crippen molar-refractivity contribution in [3.8, 4) is 0 Å². The van der Waals surface area contributed by atoms with Crippen LogP contribution in [0.3, 0.4) is 0 Å². The maximum absolute atomic E-state index is 11.7. The minimum absolute atomic E-state index is 0.000463. The third kappa shape index (κ3) is 1.31. The Bertz CT molecular complexity index is 496. The summed E-state index contributed by atoms with van der Waals surface area (Å²) in [5, 5.41) is 20.0. The van der Waals surface area contributed by atoms with E-state index in [4.69, 9.17) is 0 Å². The molecule has 0 saturated carbocycles. The molecular formula is C10H7NO5. The van der Waals surface area contributed by atoms with E-state index in [2.05, 4.69) is 0 Å². The zero-order chi connectivity index (χ0) is 11.9. The van der Waals surface area contributed by atoms with Gasteiger partial charge in [0.25, 0.3) is 0 Å². The lowest BCUT2D eigenvalue weighted by Gasteiger charge is -2.21. The van der Waals surface area contributed by atoms with Gasteiger partial charge in [-0.3, -0.25) is 19.7 Å². The smallest absolute Gasteiger partial charge is 0.307 e. The highest BCUT2D eigenvalue weighted by Crippen LogP contribution is 2.23. The maximum Gasteiger partial charge on any atom is 0.307 e. The summed E-state index contributed by atoms with van der Waals surface area (Å²) in [5.41, 5.74) is 0.0394. The molecule has 0 amide bonds. The molecule has 2 atom stereocenters. The van der Waals surface area contributed by atoms with Crippen molar-refractivity contribution in [3.05, 3.63) is 45.5 Å². The number of ketones is 2. The van der Waals surface area contributed by atoms with Crippen LogP contribution in [0.25, 0.3) is 0 Å². The topological polar surface area (TPSA) is 97.5 Å². The van der Waals surface area contributed by atoms with Gasteiger partial charge >= 0.3 is 6.04 Å². The monoisotopic (exact) mass is 221 g/mol. The lowest BCUT2D eigenvalue weighted by Crippen LogP contribution is -2.49. The first-order chi connectivity index (χ1) is 7.54. The summed E-state index contributed by atoms with van der Waals surface area (Å²) in [6.45, 7) is 0. The molecule has 1 aliphatic rings. The fraction of sp³-hybridized carbons (Fsp3) is 0.200. The molecule has 82 valence electrons. The SMILES string of the molecule is O=C1c2ccccc2C(=O)[C@H](O)[C@@H]1[N+](=O)[O-]. The third-order valence-electron chi connectivity index (χ3n) is 2.52. The van der Waals surface area contributed by atoms with Gasteiger partial charge < -0.3 is 5.11 Å². The van der Waals surface area contributed by atoms with Gasteiger partial charge in [0.2, 0.25) is 5.78 Å². The molecule has 0 saturated heterocycles. The molecule has 16 heavy (non-hydrogen) atoms. The average molecular weight is 221 g/mol. The number of carbonyl (C=O) groups excluding carboxylic acids is 2. The first-order valence-electron chi connectivity index (χ1n) is 4.53. The van der Waals surface area contributed by atoms with Crippen molar-refractivity contribution in [2.24, 2.45) is 0 Å². The number of aliphatic hydroxyl groups excluding tert-OH is 1. The second-order valence-corrected chi connectivity index (χ2v) is 3.45. The van der Waals surface area contributed by atoms with Crippen LogP contribution in [-0.4, -0.2) is 33.7 Å². The largest absolute Gasteiger partial charge is 0.378 e. The summed E-state index contributed by atoms with van der Waals surface area (Å²) in [6.07, 6.45) is -1.89. The lowest BCUT2D eigenvalue weighted by molar-refractivity contribution is -0.513. The number of nitro groups is 1. The van der Waals surface area contributed by atoms with Crippen LogP contribution in [0.2, 0.25) is 0 Å². The van der Waals surface area contributed by atoms with E-state index in [0.717, 1.165) is 0 Å². The van der Waals surface area contributed by atoms with Gasteiger partial charge in [0.15, 0.2) is 11.9 Å². The quantitative estimate of drug-likeness (QED) is 0.534. The molecule has 6 nitrogen and oxygen atoms in total. The molecule has 0 fully saturated rings. The molecule has 0 radical (unpaired) electrons. The van der Waals surface area contributed by atoms with Crippen molar-refractivity contribution < 1.29 is 19.6 Å². The predicted octanol–water partition coefficient (Wildman–Crippen LogP) is 0.0718. The molecule has 1 N–H and O–H groups in total. The summed E-state index contributed by atoms with van der Waals surface area (Å²) in [5.74, 6) is -1.61. The molecule has 0 heterocycles. The van der Waals surface area contributed by atoms with Gasteiger partial charge in [-0.25, -0.2) is 0 Å². The Morgan fingerprint density at radius 3 is 2.12 bits per heavy atom. The molecule has 0 bridgehead atoms. The van der Waals surface area contributed by atoms with E-state index in [-0.39, 0.29) is 11.1 Å². The third-order valence-corrected chi connectivity index (χ3v) is 2.52. The maximum atomic E-state index is 11.7. The Hall–Kier alpha value is -2.08. The number of nitrogens with zero attached hydrogens (tertiary/aromatic N) is 1. The van der Waals surface area contributed by atoms with Crippen LogP contribution in [0.1, 0.15) is 20.7 Å². The van der Waals surface area contributed by atoms with Gasteiger partial charge in [0.1, 0.15) is 0 Å². The summed E-state index contributed by atoms with van der Waals surface area (Å²) in [6, 6.07) is 3.87. The Kier molecular flexibility index (Phi) is 2.28. The first-order valence-corrected chi connectivity index (χ1v) is 4.53. The number of Topliss-reactive ketones (excluding diaryl/α,β-unsaturated/α-hetero) is 2. The van der Waals surface area contributed by atoms with Crippen molar-refractivity contribution in [1.29, 1.82) is 0 Å². The summed E-state index contributed by atoms with van der Waals surface area (Å²) in [7, 11) is 0. The minimum Gasteiger partial charge on any atom is -0.378 e. The Balaban J connectivity index is 2.61. The number of carbonyl (C=O) groups is 2. The zero-order valence-electron chi connectivity index (χ0n) is 7.99. The Labute approximate surface area is 89.7 Å². The molecule has 0 aromatic heterocycles. The highest BCUT2D eigenvalue weighted by molar-refractivity contribution is 6.17. The van der Waals surface area contributed by atoms with E-state index in [1.165, 1.54) is 24.3 Å². The van der Waals surface area contributed by atoms with Gasteiger partial charge in [-0.2, -0.15) is 0 Å². The van der Waals surface area contributed by atoms with Crippen LogP contribution in [0, 0.1) is 10.1 Å². The van der Waals surface area contributed by atoms with E-state index in [9.17, 15) is 24.8 Å². The van der Waals surface area contributed by atoms with E-state index < -0.39 is 28.6 Å². The molecule has 0 aliphatic heterocycles. The second-order valence-electron chi connectivity index (χ2n) is 3.45. The average Bonchev–Trinajstić information content (AvgIpc) is 2.26. The number of fused-ring (bicyclic) bond motifs is 1. The highest BCUT2D eigenvalue weighted by Gasteiger charge is 2.48. The van der Waals surface area contributed by atoms with E-state index in [1.807, 2.05) is 0 Å². The first kappa shape index (κ1) is 10.4. The van der Waals surface area contributed by atoms with Crippen LogP contribution >= 0.6 is 0 Å². The second kappa shape index (κ2) is 3.49. The molecule has 1 aromatic rings. The van der Waals surface area contributed by atoms with Gasteiger partial charge in [-0.15, -0.1) is 0 Å². The molecule has 0 unspecified atom stereocenters. The summed E-state index contributed by atoms with van der Waals surface area (Å²) < 4.78 is 0. The van der Waals surface area contributed by atoms with Crippen molar-refractivity contribution >= 4 is 11.6 Å². The molecule has 1 aromatic carbocycles. The van der Waals surface area contributed by atoms with Crippen LogP contribution in [0.15, 0.2) is 24.3 Å². The van der Waals surface area contributed by atoms with Crippen molar-refractivity contribution in [2.45, 2.75) is 12.1 Å². The molecule has 1 aliphatic carbocycles. The fourth-order valence-corrected chi connectivity index (χ4v) is 1.73. The van der Waals surface area contributed by atoms with Crippen LogP contribution in [0.4, 0.5) is 0 Å². The number of rotatable bonds is 1. The van der Waals surface area contributed by atoms with Crippen LogP contribution < -0.4 is 0 Å². The van der Waals surface area contributed by atoms with Crippen molar-refractivity contribution in [3.63, 3.8) is 0 Å². The van der Waals surface area contributed by atoms with Crippen molar-refractivity contribution in [1.82, 2.24) is 0 Å². The number of hydrogen-bond donors (Lipinski definition) is 1. The summed E-state index contributed by atoms with van der Waals surface area (Å²) in [4.78, 5) is 32.9. The Morgan fingerprint density at radius 2 is 1.62 bits per heavy atom. The number of hydrogen-bond acceptors (Lipinski definition) is 5. The van der Waals surface area contributed by atoms with Crippen LogP contribution in [-0.2, 0) is 0 Å². The number of aliphatic hydroxyl groups is 1. The zero-order valence-corrected chi connectivity index (χ0v) is 7.99. The molecular weight excluding hydrogens is 214 g/mol. The summed E-state index contributed by atoms with van der Waals surface area (Å²) >= 11 is 0. The molecule has 0 spiro atoms. The lowest BCUT2D eigenvalue weighted by atomic mass is 9.84. The fourth-order valence-electron chi connectivity index (χ4n) is 1.73. The van der Waals surface area contributed by atoms with E-state index in [0.29, 0.717) is 0 Å². The van der Waals surface area contributed by atoms with Gasteiger partial charge in [0, 0.05) is 16.1 Å². The molecule has 2 rings (SSSR count). The minimum atomic E-state index is -1.89. The molecule has 6 heteroatoms. The van der Waals surface area contributed by atoms with Gasteiger partial charge in [0.05, 0.1) is 0 Å². The highest BCUT2D eigenvalue weighted by atomic mass is 16.6. The Morgan fingerprint density at radius 1 is 1.12 bits per heavy atom. The van der Waals surface area contributed by atoms with Gasteiger partial charge in [-0.05, 0) is 0 Å². The van der Waals surface area contributed by atoms with E-state index in [1.54, 1.807) is 0 Å². The number of benzene rings is 1. The van der Waals surface area contributed by atoms with Crippen LogP contribution in [0.5, 0.6) is 0 Å². The predicted molar refractivity (Wildman–Crippen MR) is 51.9 cm³/mol. The normalized spacial score (nSPS) is 24.1. The van der Waals surface area contributed by atoms with Gasteiger partial charge in [-0.1, -0.05) is 24.3 Å². The van der Waals surface area contributed by atoms with E-state index >= 15 is 0 Å². The van der Waals surface area contributed by atoms with Crippen molar-refractivity contribution in [2.75, 3.05) is 0 Å².